The van der Waals surface area contributed by atoms with Crippen LogP contribution in [0.15, 0.2) is 182 Å². The Morgan fingerprint density at radius 3 is 0.630 bits per heavy atom. The molecule has 0 saturated heterocycles. The Balaban J connectivity index is 0.00000240. The van der Waals surface area contributed by atoms with Crippen LogP contribution in [0, 0.1) is 12.8 Å². The van der Waals surface area contributed by atoms with Crippen LogP contribution in [0.3, 0.4) is 0 Å². The summed E-state index contributed by atoms with van der Waals surface area (Å²) in [6.07, 6.45) is 3.61. The van der Waals surface area contributed by atoms with Gasteiger partial charge in [-0.3, -0.25) is 0 Å². The van der Waals surface area contributed by atoms with Crippen LogP contribution in [0.25, 0.3) is 0 Å². The monoisotopic (exact) mass is 744 g/mol. The zero-order valence-corrected chi connectivity index (χ0v) is 31.5. The third-order valence-corrected chi connectivity index (χ3v) is 18.3. The third kappa shape index (κ3) is 9.41. The molecule has 0 spiro atoms. The van der Waals surface area contributed by atoms with Crippen molar-refractivity contribution in [3.05, 3.63) is 189 Å². The quantitative estimate of drug-likeness (QED) is 0.0677. The molecule has 0 aromatic heterocycles. The summed E-state index contributed by atoms with van der Waals surface area (Å²) in [5.41, 5.74) is 0.125. The van der Waals surface area contributed by atoms with E-state index in [1.807, 2.05) is 0 Å². The van der Waals surface area contributed by atoms with Crippen molar-refractivity contribution < 1.29 is 19.5 Å². The van der Waals surface area contributed by atoms with E-state index < -0.39 is 23.8 Å². The molecule has 6 aromatic rings. The molecule has 0 unspecified atom stereocenters. The second-order valence-electron chi connectivity index (χ2n) is 12.0. The van der Waals surface area contributed by atoms with Gasteiger partial charge in [-0.05, 0) is 79.7 Å². The molecule has 0 amide bonds. The van der Waals surface area contributed by atoms with Crippen molar-refractivity contribution in [2.24, 2.45) is 5.41 Å². The molecular formula is C42H45P3Ru+3. The van der Waals surface area contributed by atoms with E-state index in [9.17, 15) is 0 Å². The third-order valence-electron chi connectivity index (χ3n) is 8.54. The minimum atomic E-state index is -1.04. The van der Waals surface area contributed by atoms with Crippen molar-refractivity contribution >= 4 is 55.6 Å². The van der Waals surface area contributed by atoms with Crippen LogP contribution >= 0.6 is 23.8 Å². The van der Waals surface area contributed by atoms with Gasteiger partial charge in [-0.1, -0.05) is 109 Å². The van der Waals surface area contributed by atoms with E-state index in [2.05, 4.69) is 189 Å². The Morgan fingerprint density at radius 2 is 0.478 bits per heavy atom. The van der Waals surface area contributed by atoms with Crippen molar-refractivity contribution in [1.29, 1.82) is 0 Å². The molecule has 0 nitrogen and oxygen atoms in total. The number of benzene rings is 6. The maximum absolute atomic E-state index is 2.64. The molecule has 0 bridgehead atoms. The SMILES string of the molecule is CC(C[PH+](c1ccccc1)c1ccccc1)(C[PH+](c1ccccc1)c1ccccc1)C[PH+](c1ccccc1)c1ccccc1.[CH3-].[Ru+]. The van der Waals surface area contributed by atoms with E-state index in [1.165, 1.54) is 50.3 Å². The van der Waals surface area contributed by atoms with Gasteiger partial charge in [0, 0.05) is 0 Å². The van der Waals surface area contributed by atoms with Crippen molar-refractivity contribution in [2.45, 2.75) is 6.92 Å². The number of rotatable bonds is 12. The molecule has 0 aliphatic heterocycles. The van der Waals surface area contributed by atoms with E-state index in [0.29, 0.717) is 0 Å². The van der Waals surface area contributed by atoms with Gasteiger partial charge in [-0.15, -0.1) is 0 Å². The summed E-state index contributed by atoms with van der Waals surface area (Å²) in [5, 5.41) is 9.06. The second-order valence-corrected chi connectivity index (χ2v) is 19.4. The topological polar surface area (TPSA) is 0 Å². The van der Waals surface area contributed by atoms with E-state index in [-0.39, 0.29) is 32.3 Å². The molecule has 1 radical (unpaired) electrons. The first-order valence-corrected chi connectivity index (χ1v) is 20.7. The second kappa shape index (κ2) is 18.0. The Labute approximate surface area is 293 Å². The van der Waals surface area contributed by atoms with Gasteiger partial charge in [0.15, 0.2) is 0 Å². The molecule has 6 rings (SSSR count). The van der Waals surface area contributed by atoms with Gasteiger partial charge >= 0.3 is 19.5 Å². The van der Waals surface area contributed by atoms with Crippen LogP contribution in [0.2, 0.25) is 0 Å². The fourth-order valence-electron chi connectivity index (χ4n) is 6.42. The van der Waals surface area contributed by atoms with Crippen LogP contribution < -0.4 is 31.8 Å². The Bertz CT molecular complexity index is 1360. The predicted octanol–water partition coefficient (Wildman–Crippen LogP) is 8.04. The first kappa shape index (κ1) is 36.1. The normalized spacial score (nSPS) is 11.2. The maximum Gasteiger partial charge on any atom is 1.00 e. The van der Waals surface area contributed by atoms with Crippen LogP contribution in [-0.4, -0.2) is 18.5 Å². The molecule has 6 aromatic carbocycles. The molecular weight excluding hydrogens is 698 g/mol. The molecule has 233 valence electrons. The average molecular weight is 744 g/mol. The number of hydrogen-bond acceptors (Lipinski definition) is 0. The zero-order chi connectivity index (χ0) is 30.0. The van der Waals surface area contributed by atoms with Gasteiger partial charge in [-0.2, -0.15) is 0 Å². The van der Waals surface area contributed by atoms with Gasteiger partial charge in [0.25, 0.3) is 0 Å². The Hall–Kier alpha value is -2.77. The maximum atomic E-state index is 2.64. The van der Waals surface area contributed by atoms with Gasteiger partial charge in [0.05, 0.1) is 79.5 Å². The first-order chi connectivity index (χ1) is 21.7. The van der Waals surface area contributed by atoms with Gasteiger partial charge in [-0.25, -0.2) is 0 Å². The summed E-state index contributed by atoms with van der Waals surface area (Å²) in [5.74, 6) is 0. The largest absolute Gasteiger partial charge is 1.00 e. The van der Waals surface area contributed by atoms with Crippen LogP contribution in [0.5, 0.6) is 0 Å². The van der Waals surface area contributed by atoms with Crippen LogP contribution in [-0.2, 0) is 19.5 Å². The zero-order valence-electron chi connectivity index (χ0n) is 26.8. The molecule has 0 atom stereocenters. The van der Waals surface area contributed by atoms with Gasteiger partial charge < -0.3 is 7.43 Å². The van der Waals surface area contributed by atoms with Crippen molar-refractivity contribution in [3.63, 3.8) is 0 Å². The fourth-order valence-corrected chi connectivity index (χ4v) is 16.3. The van der Waals surface area contributed by atoms with E-state index in [1.54, 1.807) is 0 Å². The van der Waals surface area contributed by atoms with Gasteiger partial charge in [0.1, 0.15) is 0 Å². The molecule has 0 heterocycles. The predicted molar refractivity (Wildman–Crippen MR) is 211 cm³/mol. The minimum Gasteiger partial charge on any atom is -0.358 e. The molecule has 4 heteroatoms. The van der Waals surface area contributed by atoms with Crippen LogP contribution in [0.4, 0.5) is 0 Å². The summed E-state index contributed by atoms with van der Waals surface area (Å²) < 4.78 is 0. The molecule has 0 aliphatic rings. The van der Waals surface area contributed by atoms with E-state index in [0.717, 1.165) is 0 Å². The summed E-state index contributed by atoms with van der Waals surface area (Å²) in [7, 11) is -3.12. The first-order valence-electron chi connectivity index (χ1n) is 15.6. The molecule has 0 N–H and O–H groups in total. The molecule has 0 fully saturated rings. The van der Waals surface area contributed by atoms with Gasteiger partial charge in [0.2, 0.25) is 0 Å². The van der Waals surface area contributed by atoms with Crippen molar-refractivity contribution in [3.8, 4) is 0 Å². The minimum absolute atomic E-state index is 0. The molecule has 0 saturated carbocycles. The summed E-state index contributed by atoms with van der Waals surface area (Å²) in [4.78, 5) is 0. The number of hydrogen-bond donors (Lipinski definition) is 0. The van der Waals surface area contributed by atoms with Crippen molar-refractivity contribution in [1.82, 2.24) is 0 Å². The average Bonchev–Trinajstić information content (AvgIpc) is 3.11. The molecule has 46 heavy (non-hydrogen) atoms. The van der Waals surface area contributed by atoms with Crippen molar-refractivity contribution in [2.75, 3.05) is 18.5 Å². The summed E-state index contributed by atoms with van der Waals surface area (Å²) in [6.45, 7) is 2.64. The Kier molecular flexibility index (Phi) is 14.1. The van der Waals surface area contributed by atoms with E-state index in [4.69, 9.17) is 0 Å². The smallest absolute Gasteiger partial charge is 0.358 e. The standard InChI is InChI=1S/C41H39P3.CH3.Ru/c1-41(32-42(35-20-8-2-9-21-35)36-22-10-3-11-23-36,33-43(37-24-12-4-13-25-37)38-26-14-5-15-27-38)34-44(39-28-16-6-17-29-39)40-30-18-7-19-31-40;;/h2-31H,32-34H2,1H3;1H3;/q;-1;+1/p+3. The van der Waals surface area contributed by atoms with Crippen LogP contribution in [0.1, 0.15) is 6.92 Å². The van der Waals surface area contributed by atoms with E-state index >= 15 is 0 Å². The fraction of sp³-hybridized carbons (Fsp3) is 0.119. The Morgan fingerprint density at radius 1 is 0.326 bits per heavy atom. The summed E-state index contributed by atoms with van der Waals surface area (Å²) >= 11 is 0. The summed E-state index contributed by atoms with van der Waals surface area (Å²) in [6, 6.07) is 68.2. The molecule has 0 aliphatic carbocycles.